The van der Waals surface area contributed by atoms with Crippen LogP contribution in [0.5, 0.6) is 0 Å². The number of hydrogen-bond donors (Lipinski definition) is 2. The van der Waals surface area contributed by atoms with Crippen LogP contribution in [-0.2, 0) is 10.0 Å². The van der Waals surface area contributed by atoms with Gasteiger partial charge in [0.05, 0.1) is 4.90 Å². The minimum absolute atomic E-state index is 0.295. The number of nitrogens with two attached hydrogens (primary N) is 1. The van der Waals surface area contributed by atoms with Crippen molar-refractivity contribution in [1.82, 2.24) is 4.72 Å². The highest BCUT2D eigenvalue weighted by Gasteiger charge is 2.32. The highest BCUT2D eigenvalue weighted by Crippen LogP contribution is 2.24. The third-order valence-corrected chi connectivity index (χ3v) is 5.85. The fourth-order valence-electron chi connectivity index (χ4n) is 2.65. The summed E-state index contributed by atoms with van der Waals surface area (Å²) in [7, 11) is -3.56. The summed E-state index contributed by atoms with van der Waals surface area (Å²) in [6, 6.07) is 3.78. The number of hydrogen-bond acceptors (Lipinski definition) is 3. The molecule has 1 rings (SSSR count). The van der Waals surface area contributed by atoms with Gasteiger partial charge in [0.15, 0.2) is 0 Å². The van der Waals surface area contributed by atoms with Crippen molar-refractivity contribution in [2.24, 2.45) is 5.73 Å². The van der Waals surface area contributed by atoms with Gasteiger partial charge in [-0.1, -0.05) is 31.5 Å². The molecule has 0 aliphatic carbocycles. The van der Waals surface area contributed by atoms with Gasteiger partial charge in [-0.3, -0.25) is 0 Å². The molecule has 0 radical (unpaired) electrons. The van der Waals surface area contributed by atoms with E-state index < -0.39 is 15.6 Å². The van der Waals surface area contributed by atoms with E-state index in [9.17, 15) is 8.42 Å². The second kappa shape index (κ2) is 6.24. The van der Waals surface area contributed by atoms with E-state index in [4.69, 9.17) is 5.73 Å². The Morgan fingerprint density at radius 2 is 1.55 bits per heavy atom. The van der Waals surface area contributed by atoms with Crippen molar-refractivity contribution in [2.75, 3.05) is 6.54 Å². The Hall–Kier alpha value is -0.910. The predicted molar refractivity (Wildman–Crippen MR) is 83.3 cm³/mol. The average molecular weight is 298 g/mol. The summed E-state index contributed by atoms with van der Waals surface area (Å²) in [6.45, 7) is 9.82. The molecule has 0 amide bonds. The summed E-state index contributed by atoms with van der Waals surface area (Å²) in [4.78, 5) is 0.378. The van der Waals surface area contributed by atoms with Crippen molar-refractivity contribution in [3.05, 3.63) is 28.8 Å². The molecular formula is C15H26N2O2S. The molecule has 20 heavy (non-hydrogen) atoms. The molecule has 1 aromatic carbocycles. The van der Waals surface area contributed by atoms with Crippen molar-refractivity contribution in [1.29, 1.82) is 0 Å². The Balaban J connectivity index is 3.32. The van der Waals surface area contributed by atoms with Crippen LogP contribution in [0.1, 0.15) is 43.4 Å². The minimum Gasteiger partial charge on any atom is -0.329 e. The Bertz CT molecular complexity index is 544. The van der Waals surface area contributed by atoms with Crippen LogP contribution in [0.4, 0.5) is 0 Å². The molecule has 4 nitrogen and oxygen atoms in total. The number of sulfonamides is 1. The van der Waals surface area contributed by atoms with Gasteiger partial charge in [0.2, 0.25) is 10.0 Å². The standard InChI is InChI=1S/C15H26N2O2S/c1-6-15(7-2,10-16)17-20(18,19)14-12(4)8-11(3)9-13(14)5/h8-9,17H,6-7,10,16H2,1-5H3. The molecule has 0 bridgehead atoms. The van der Waals surface area contributed by atoms with E-state index in [-0.39, 0.29) is 0 Å². The van der Waals surface area contributed by atoms with E-state index in [0.717, 1.165) is 16.7 Å². The van der Waals surface area contributed by atoms with Gasteiger partial charge in [-0.2, -0.15) is 0 Å². The second-order valence-corrected chi connectivity index (χ2v) is 7.14. The Morgan fingerprint density at radius 1 is 1.10 bits per heavy atom. The lowest BCUT2D eigenvalue weighted by Crippen LogP contribution is -2.52. The number of aryl methyl sites for hydroxylation is 3. The third kappa shape index (κ3) is 3.40. The summed E-state index contributed by atoms with van der Waals surface area (Å²) in [5.41, 5.74) is 7.83. The molecule has 0 aromatic heterocycles. The largest absolute Gasteiger partial charge is 0.329 e. The lowest BCUT2D eigenvalue weighted by atomic mass is 9.95. The van der Waals surface area contributed by atoms with Gasteiger partial charge in [0.1, 0.15) is 0 Å². The summed E-state index contributed by atoms with van der Waals surface area (Å²) < 4.78 is 28.2. The van der Waals surface area contributed by atoms with Crippen LogP contribution in [0.2, 0.25) is 0 Å². The zero-order valence-corrected chi connectivity index (χ0v) is 13.9. The summed E-state index contributed by atoms with van der Waals surface area (Å²) in [6.07, 6.45) is 1.34. The van der Waals surface area contributed by atoms with Crippen molar-refractivity contribution < 1.29 is 8.42 Å². The normalized spacial score (nSPS) is 12.7. The maximum absolute atomic E-state index is 12.7. The quantitative estimate of drug-likeness (QED) is 0.847. The monoisotopic (exact) mass is 298 g/mol. The summed E-state index contributed by atoms with van der Waals surface area (Å²) in [5.74, 6) is 0. The van der Waals surface area contributed by atoms with Gasteiger partial charge in [0.25, 0.3) is 0 Å². The molecule has 0 unspecified atom stereocenters. The van der Waals surface area contributed by atoms with E-state index in [0.29, 0.717) is 24.3 Å². The molecule has 5 heteroatoms. The van der Waals surface area contributed by atoms with Crippen molar-refractivity contribution in [3.63, 3.8) is 0 Å². The van der Waals surface area contributed by atoms with Crippen LogP contribution in [0, 0.1) is 20.8 Å². The zero-order valence-electron chi connectivity index (χ0n) is 13.1. The molecule has 0 atom stereocenters. The minimum atomic E-state index is -3.56. The van der Waals surface area contributed by atoms with Gasteiger partial charge in [-0.15, -0.1) is 0 Å². The highest BCUT2D eigenvalue weighted by molar-refractivity contribution is 7.89. The number of nitrogens with one attached hydrogen (secondary N) is 1. The van der Waals surface area contributed by atoms with E-state index in [2.05, 4.69) is 4.72 Å². The second-order valence-electron chi connectivity index (χ2n) is 5.52. The van der Waals surface area contributed by atoms with Gasteiger partial charge >= 0.3 is 0 Å². The third-order valence-electron chi connectivity index (χ3n) is 3.97. The zero-order chi connectivity index (χ0) is 15.6. The fraction of sp³-hybridized carbons (Fsp3) is 0.600. The molecule has 1 aromatic rings. The van der Waals surface area contributed by atoms with E-state index in [1.807, 2.05) is 46.8 Å². The summed E-state index contributed by atoms with van der Waals surface area (Å²) >= 11 is 0. The number of benzene rings is 1. The van der Waals surface area contributed by atoms with E-state index >= 15 is 0 Å². The van der Waals surface area contributed by atoms with Crippen LogP contribution in [0.3, 0.4) is 0 Å². The molecular weight excluding hydrogens is 272 g/mol. The maximum atomic E-state index is 12.7. The van der Waals surface area contributed by atoms with Gasteiger partial charge in [-0.05, 0) is 44.7 Å². The maximum Gasteiger partial charge on any atom is 0.241 e. The van der Waals surface area contributed by atoms with Gasteiger partial charge in [0, 0.05) is 12.1 Å². The van der Waals surface area contributed by atoms with E-state index in [1.54, 1.807) is 0 Å². The Kier molecular flexibility index (Phi) is 5.35. The first-order valence-corrected chi connectivity index (χ1v) is 8.51. The van der Waals surface area contributed by atoms with Crippen molar-refractivity contribution in [3.8, 4) is 0 Å². The smallest absolute Gasteiger partial charge is 0.241 e. The first kappa shape index (κ1) is 17.1. The number of rotatable bonds is 6. The molecule has 0 aliphatic heterocycles. The van der Waals surface area contributed by atoms with Crippen LogP contribution in [-0.4, -0.2) is 20.5 Å². The van der Waals surface area contributed by atoms with Crippen LogP contribution in [0.15, 0.2) is 17.0 Å². The van der Waals surface area contributed by atoms with Gasteiger partial charge < -0.3 is 5.73 Å². The van der Waals surface area contributed by atoms with E-state index in [1.165, 1.54) is 0 Å². The van der Waals surface area contributed by atoms with Crippen molar-refractivity contribution in [2.45, 2.75) is 57.9 Å². The van der Waals surface area contributed by atoms with Crippen LogP contribution < -0.4 is 10.5 Å². The SMILES string of the molecule is CCC(CC)(CN)NS(=O)(=O)c1c(C)cc(C)cc1C. The van der Waals surface area contributed by atoms with Crippen LogP contribution in [0.25, 0.3) is 0 Å². The highest BCUT2D eigenvalue weighted by atomic mass is 32.2. The molecule has 0 heterocycles. The fourth-order valence-corrected chi connectivity index (χ4v) is 4.66. The van der Waals surface area contributed by atoms with Crippen molar-refractivity contribution >= 4 is 10.0 Å². The average Bonchev–Trinajstić information content (AvgIpc) is 2.34. The molecule has 114 valence electrons. The van der Waals surface area contributed by atoms with Gasteiger partial charge in [-0.25, -0.2) is 13.1 Å². The molecule has 3 N–H and O–H groups in total. The Labute approximate surface area is 122 Å². The molecule has 0 aliphatic rings. The molecule has 0 saturated carbocycles. The molecule has 0 saturated heterocycles. The Morgan fingerprint density at radius 3 is 1.90 bits per heavy atom. The summed E-state index contributed by atoms with van der Waals surface area (Å²) in [5, 5.41) is 0. The topological polar surface area (TPSA) is 72.2 Å². The lowest BCUT2D eigenvalue weighted by Gasteiger charge is -2.31. The predicted octanol–water partition coefficient (Wildman–Crippen LogP) is 2.41. The molecule has 0 spiro atoms. The lowest BCUT2D eigenvalue weighted by molar-refractivity contribution is 0.363. The first-order valence-electron chi connectivity index (χ1n) is 7.03. The first-order chi connectivity index (χ1) is 9.21. The molecule has 0 fully saturated rings. The van der Waals surface area contributed by atoms with Crippen LogP contribution >= 0.6 is 0 Å².